The van der Waals surface area contributed by atoms with Gasteiger partial charge in [-0.05, 0) is 42.7 Å². The Labute approximate surface area is 153 Å². The fourth-order valence-corrected chi connectivity index (χ4v) is 2.49. The maximum atomic E-state index is 12.1. The number of carbonyl (C=O) groups excluding carboxylic acids is 1. The van der Waals surface area contributed by atoms with E-state index in [1.165, 1.54) is 0 Å². The lowest BCUT2D eigenvalue weighted by Crippen LogP contribution is -2.47. The molecule has 0 aliphatic heterocycles. The predicted molar refractivity (Wildman–Crippen MR) is 100.0 cm³/mol. The quantitative estimate of drug-likeness (QED) is 0.444. The first-order valence-electron chi connectivity index (χ1n) is 8.55. The molecule has 0 saturated carbocycles. The number of benzene rings is 2. The summed E-state index contributed by atoms with van der Waals surface area (Å²) in [5.41, 5.74) is 0.821. The SMILES string of the molecule is COc1ccc(CC(=O)N[C@H](CCCOc2ccccc2)B(O)O)cc1. The smallest absolute Gasteiger partial charge is 0.475 e. The van der Waals surface area contributed by atoms with E-state index < -0.39 is 13.1 Å². The van der Waals surface area contributed by atoms with Crippen LogP contribution in [0, 0.1) is 0 Å². The number of hydrogen-bond acceptors (Lipinski definition) is 5. The monoisotopic (exact) mass is 357 g/mol. The second-order valence-corrected chi connectivity index (χ2v) is 5.92. The summed E-state index contributed by atoms with van der Waals surface area (Å²) >= 11 is 0. The van der Waals surface area contributed by atoms with E-state index in [0.29, 0.717) is 19.4 Å². The highest BCUT2D eigenvalue weighted by molar-refractivity contribution is 6.43. The molecule has 6 nitrogen and oxygen atoms in total. The zero-order valence-corrected chi connectivity index (χ0v) is 14.8. The van der Waals surface area contributed by atoms with E-state index in [0.717, 1.165) is 17.1 Å². The van der Waals surface area contributed by atoms with Gasteiger partial charge in [-0.2, -0.15) is 0 Å². The average molecular weight is 357 g/mol. The van der Waals surface area contributed by atoms with Crippen LogP contribution in [-0.4, -0.2) is 42.7 Å². The summed E-state index contributed by atoms with van der Waals surface area (Å²) < 4.78 is 10.6. The summed E-state index contributed by atoms with van der Waals surface area (Å²) in [6.45, 7) is 0.432. The van der Waals surface area contributed by atoms with Gasteiger partial charge in [-0.3, -0.25) is 4.79 Å². The molecule has 0 radical (unpaired) electrons. The normalized spacial score (nSPS) is 11.5. The summed E-state index contributed by atoms with van der Waals surface area (Å²) in [6.07, 6.45) is 1.15. The predicted octanol–water partition coefficient (Wildman–Crippen LogP) is 1.59. The standard InChI is InChI=1S/C19H24BNO5/c1-25-16-11-9-15(10-12-16)14-19(22)21-18(20(23)24)8-5-13-26-17-6-3-2-4-7-17/h2-4,6-7,9-12,18,23-24H,5,8,13-14H2,1H3,(H,21,22)/t18-/m1/s1. The van der Waals surface area contributed by atoms with Crippen molar-refractivity contribution in [2.24, 2.45) is 0 Å². The average Bonchev–Trinajstić information content (AvgIpc) is 2.65. The number of ether oxygens (including phenoxy) is 2. The van der Waals surface area contributed by atoms with Crippen molar-refractivity contribution in [1.82, 2.24) is 5.32 Å². The molecule has 0 aromatic heterocycles. The van der Waals surface area contributed by atoms with Crippen LogP contribution >= 0.6 is 0 Å². The van der Waals surface area contributed by atoms with E-state index >= 15 is 0 Å². The van der Waals surface area contributed by atoms with Crippen LogP contribution in [-0.2, 0) is 11.2 Å². The molecular weight excluding hydrogens is 333 g/mol. The van der Waals surface area contributed by atoms with Gasteiger partial charge in [-0.1, -0.05) is 30.3 Å². The van der Waals surface area contributed by atoms with Crippen molar-refractivity contribution in [3.8, 4) is 11.5 Å². The van der Waals surface area contributed by atoms with Crippen molar-refractivity contribution in [2.75, 3.05) is 13.7 Å². The van der Waals surface area contributed by atoms with Crippen molar-refractivity contribution < 1.29 is 24.3 Å². The van der Waals surface area contributed by atoms with Crippen LogP contribution in [0.2, 0.25) is 0 Å². The van der Waals surface area contributed by atoms with E-state index in [2.05, 4.69) is 5.32 Å². The van der Waals surface area contributed by atoms with Gasteiger partial charge in [-0.25, -0.2) is 0 Å². The molecule has 1 atom stereocenters. The molecular formula is C19H24BNO5. The van der Waals surface area contributed by atoms with Crippen LogP contribution in [0.5, 0.6) is 11.5 Å². The molecule has 0 saturated heterocycles. The summed E-state index contributed by atoms with van der Waals surface area (Å²) in [4.78, 5) is 12.1. The molecule has 2 aromatic rings. The Bertz CT molecular complexity index is 663. The highest BCUT2D eigenvalue weighted by Crippen LogP contribution is 2.12. The van der Waals surface area contributed by atoms with Crippen molar-refractivity contribution in [3.63, 3.8) is 0 Å². The lowest BCUT2D eigenvalue weighted by molar-refractivity contribution is -0.120. The lowest BCUT2D eigenvalue weighted by atomic mass is 9.76. The third kappa shape index (κ3) is 6.78. The number of hydrogen-bond donors (Lipinski definition) is 3. The minimum Gasteiger partial charge on any atom is -0.497 e. The number of rotatable bonds is 10. The van der Waals surface area contributed by atoms with E-state index in [9.17, 15) is 14.8 Å². The van der Waals surface area contributed by atoms with Gasteiger partial charge in [0.2, 0.25) is 5.91 Å². The number of para-hydroxylation sites is 1. The molecule has 7 heteroatoms. The molecule has 3 N–H and O–H groups in total. The second-order valence-electron chi connectivity index (χ2n) is 5.92. The second kappa shape index (κ2) is 10.5. The van der Waals surface area contributed by atoms with Crippen molar-refractivity contribution in [1.29, 1.82) is 0 Å². The molecule has 26 heavy (non-hydrogen) atoms. The molecule has 2 aromatic carbocycles. The zero-order chi connectivity index (χ0) is 18.8. The number of methoxy groups -OCH3 is 1. The van der Waals surface area contributed by atoms with Gasteiger partial charge >= 0.3 is 7.12 Å². The topological polar surface area (TPSA) is 88.0 Å². The van der Waals surface area contributed by atoms with Crippen LogP contribution in [0.1, 0.15) is 18.4 Å². The summed E-state index contributed by atoms with van der Waals surface area (Å²) in [5, 5.41) is 21.7. The van der Waals surface area contributed by atoms with Gasteiger partial charge in [-0.15, -0.1) is 0 Å². The van der Waals surface area contributed by atoms with Crippen LogP contribution in [0.3, 0.4) is 0 Å². The number of amides is 1. The Morgan fingerprint density at radius 3 is 2.38 bits per heavy atom. The molecule has 1 amide bonds. The lowest BCUT2D eigenvalue weighted by Gasteiger charge is -2.18. The maximum absolute atomic E-state index is 12.1. The highest BCUT2D eigenvalue weighted by Gasteiger charge is 2.24. The molecule has 2 rings (SSSR count). The third-order valence-corrected chi connectivity index (χ3v) is 3.90. The minimum atomic E-state index is -1.62. The van der Waals surface area contributed by atoms with Gasteiger partial charge in [0.05, 0.1) is 26.1 Å². The largest absolute Gasteiger partial charge is 0.497 e. The van der Waals surface area contributed by atoms with Gasteiger partial charge in [0.15, 0.2) is 0 Å². The Morgan fingerprint density at radius 1 is 1.08 bits per heavy atom. The molecule has 0 heterocycles. The van der Waals surface area contributed by atoms with E-state index in [4.69, 9.17) is 9.47 Å². The first kappa shape index (κ1) is 19.8. The Morgan fingerprint density at radius 2 is 1.77 bits per heavy atom. The van der Waals surface area contributed by atoms with Crippen molar-refractivity contribution >= 4 is 13.0 Å². The summed E-state index contributed by atoms with van der Waals surface area (Å²) in [6, 6.07) is 16.5. The third-order valence-electron chi connectivity index (χ3n) is 3.90. The minimum absolute atomic E-state index is 0.160. The fourth-order valence-electron chi connectivity index (χ4n) is 2.49. The Hall–Kier alpha value is -2.51. The molecule has 0 fully saturated rings. The highest BCUT2D eigenvalue weighted by atomic mass is 16.5. The van der Waals surface area contributed by atoms with Crippen LogP contribution in [0.4, 0.5) is 0 Å². The number of nitrogens with one attached hydrogen (secondary N) is 1. The van der Waals surface area contributed by atoms with Crippen LogP contribution < -0.4 is 14.8 Å². The Kier molecular flexibility index (Phi) is 7.99. The first-order chi connectivity index (χ1) is 12.6. The molecule has 0 bridgehead atoms. The summed E-state index contributed by atoms with van der Waals surface area (Å²) in [5.74, 6) is 0.478. The van der Waals surface area contributed by atoms with Gasteiger partial charge in [0.25, 0.3) is 0 Å². The Balaban J connectivity index is 1.76. The van der Waals surface area contributed by atoms with E-state index in [1.807, 2.05) is 30.3 Å². The van der Waals surface area contributed by atoms with Crippen LogP contribution in [0.25, 0.3) is 0 Å². The molecule has 0 aliphatic rings. The van der Waals surface area contributed by atoms with Crippen molar-refractivity contribution in [2.45, 2.75) is 25.2 Å². The maximum Gasteiger partial charge on any atom is 0.475 e. The molecule has 0 aliphatic carbocycles. The fraction of sp³-hybridized carbons (Fsp3) is 0.316. The van der Waals surface area contributed by atoms with E-state index in [1.54, 1.807) is 31.4 Å². The molecule has 138 valence electrons. The summed E-state index contributed by atoms with van der Waals surface area (Å²) in [7, 11) is -0.0391. The zero-order valence-electron chi connectivity index (χ0n) is 14.8. The first-order valence-corrected chi connectivity index (χ1v) is 8.55. The number of carbonyl (C=O) groups is 1. The van der Waals surface area contributed by atoms with Crippen molar-refractivity contribution in [3.05, 3.63) is 60.2 Å². The van der Waals surface area contributed by atoms with Crippen LogP contribution in [0.15, 0.2) is 54.6 Å². The van der Waals surface area contributed by atoms with Gasteiger partial charge in [0.1, 0.15) is 11.5 Å². The molecule has 0 unspecified atom stereocenters. The molecule has 0 spiro atoms. The van der Waals surface area contributed by atoms with Gasteiger partial charge < -0.3 is 24.8 Å². The van der Waals surface area contributed by atoms with Gasteiger partial charge in [0, 0.05) is 0 Å². The van der Waals surface area contributed by atoms with E-state index in [-0.39, 0.29) is 12.3 Å².